The first-order valence-electron chi connectivity index (χ1n) is 7.53. The zero-order valence-corrected chi connectivity index (χ0v) is 13.9. The van der Waals surface area contributed by atoms with Crippen LogP contribution in [0.25, 0.3) is 0 Å². The van der Waals surface area contributed by atoms with Gasteiger partial charge in [-0.25, -0.2) is 9.78 Å². The molecule has 8 nitrogen and oxygen atoms in total. The van der Waals surface area contributed by atoms with E-state index < -0.39 is 6.03 Å². The van der Waals surface area contributed by atoms with Gasteiger partial charge in [-0.15, -0.1) is 0 Å². The maximum Gasteiger partial charge on any atom is 0.319 e. The summed E-state index contributed by atoms with van der Waals surface area (Å²) in [5.74, 6) is 0.226. The third kappa shape index (κ3) is 4.03. The van der Waals surface area contributed by atoms with Crippen molar-refractivity contribution >= 4 is 17.6 Å². The molecule has 0 unspecified atom stereocenters. The molecule has 0 atom stereocenters. The number of ether oxygens (including phenoxy) is 1. The number of aryl methyl sites for hydroxylation is 1. The molecule has 0 saturated carbocycles. The van der Waals surface area contributed by atoms with Gasteiger partial charge in [0, 0.05) is 25.4 Å². The topological polar surface area (TPSA) is 97.3 Å². The van der Waals surface area contributed by atoms with Crippen LogP contribution < -0.4 is 20.7 Å². The molecule has 0 bridgehead atoms. The van der Waals surface area contributed by atoms with Crippen LogP contribution in [0.2, 0.25) is 0 Å². The molecule has 1 aromatic carbocycles. The maximum atomic E-state index is 12.1. The Kier molecular flexibility index (Phi) is 5.78. The van der Waals surface area contributed by atoms with E-state index in [9.17, 15) is 9.59 Å². The van der Waals surface area contributed by atoms with E-state index in [-0.39, 0.29) is 5.91 Å². The highest BCUT2D eigenvalue weighted by Crippen LogP contribution is 2.25. The summed E-state index contributed by atoms with van der Waals surface area (Å²) in [4.78, 5) is 27.9. The minimum atomic E-state index is -0.397. The number of urea groups is 1. The number of benzene rings is 1. The summed E-state index contributed by atoms with van der Waals surface area (Å²) in [7, 11) is 3.04. The van der Waals surface area contributed by atoms with Crippen LogP contribution in [0, 0.1) is 0 Å². The second-order valence-electron chi connectivity index (χ2n) is 4.97. The lowest BCUT2D eigenvalue weighted by Crippen LogP contribution is -2.29. The molecular weight excluding hydrogens is 310 g/mol. The van der Waals surface area contributed by atoms with Gasteiger partial charge >= 0.3 is 6.03 Å². The molecule has 0 radical (unpaired) electrons. The Labute approximate surface area is 140 Å². The highest BCUT2D eigenvalue weighted by molar-refractivity contribution is 5.97. The second kappa shape index (κ2) is 8.00. The Morgan fingerprint density at radius 3 is 2.79 bits per heavy atom. The molecule has 1 heterocycles. The van der Waals surface area contributed by atoms with Gasteiger partial charge in [-0.05, 0) is 25.1 Å². The maximum absolute atomic E-state index is 12.1. The predicted molar refractivity (Wildman–Crippen MR) is 90.1 cm³/mol. The van der Waals surface area contributed by atoms with E-state index in [1.807, 2.05) is 11.5 Å². The van der Waals surface area contributed by atoms with E-state index in [0.29, 0.717) is 23.5 Å². The monoisotopic (exact) mass is 331 g/mol. The van der Waals surface area contributed by atoms with E-state index in [2.05, 4.69) is 20.9 Å². The molecule has 3 amide bonds. The average Bonchev–Trinajstić information content (AvgIpc) is 3.06. The van der Waals surface area contributed by atoms with Gasteiger partial charge in [-0.3, -0.25) is 4.79 Å². The van der Waals surface area contributed by atoms with Crippen LogP contribution in [0.5, 0.6) is 5.75 Å². The summed E-state index contributed by atoms with van der Waals surface area (Å²) in [6.07, 6.45) is 3.42. The minimum absolute atomic E-state index is 0.243. The van der Waals surface area contributed by atoms with Crippen molar-refractivity contribution in [2.75, 3.05) is 19.5 Å². The number of carbonyl (C=O) groups excluding carboxylic acids is 2. The van der Waals surface area contributed by atoms with Gasteiger partial charge < -0.3 is 25.3 Å². The van der Waals surface area contributed by atoms with Gasteiger partial charge in [0.1, 0.15) is 5.75 Å². The summed E-state index contributed by atoms with van der Waals surface area (Å²) >= 11 is 0. The lowest BCUT2D eigenvalue weighted by Gasteiger charge is -2.13. The van der Waals surface area contributed by atoms with Crippen molar-refractivity contribution in [2.45, 2.75) is 20.0 Å². The largest absolute Gasteiger partial charge is 0.495 e. The van der Waals surface area contributed by atoms with Crippen molar-refractivity contribution in [3.8, 4) is 5.75 Å². The van der Waals surface area contributed by atoms with Crippen LogP contribution in [0.1, 0.15) is 23.0 Å². The molecule has 128 valence electrons. The van der Waals surface area contributed by atoms with Gasteiger partial charge in [0.2, 0.25) is 0 Å². The predicted octanol–water partition coefficient (Wildman–Crippen LogP) is 1.59. The molecule has 0 fully saturated rings. The summed E-state index contributed by atoms with van der Waals surface area (Å²) in [6, 6.07) is 4.42. The Balaban J connectivity index is 2.06. The summed E-state index contributed by atoms with van der Waals surface area (Å²) < 4.78 is 7.15. The van der Waals surface area contributed by atoms with Gasteiger partial charge in [0.15, 0.2) is 0 Å². The van der Waals surface area contributed by atoms with E-state index >= 15 is 0 Å². The first-order valence-corrected chi connectivity index (χ1v) is 7.53. The van der Waals surface area contributed by atoms with Crippen molar-refractivity contribution < 1.29 is 14.3 Å². The number of hydrogen-bond donors (Lipinski definition) is 3. The Morgan fingerprint density at radius 1 is 1.33 bits per heavy atom. The minimum Gasteiger partial charge on any atom is -0.495 e. The average molecular weight is 331 g/mol. The number of carbonyl (C=O) groups is 2. The lowest BCUT2D eigenvalue weighted by atomic mass is 10.1. The van der Waals surface area contributed by atoms with Crippen LogP contribution in [0.3, 0.4) is 0 Å². The Hall–Kier alpha value is -3.03. The highest BCUT2D eigenvalue weighted by atomic mass is 16.5. The fourth-order valence-electron chi connectivity index (χ4n) is 2.21. The molecule has 8 heteroatoms. The molecule has 0 saturated heterocycles. The first kappa shape index (κ1) is 17.3. The van der Waals surface area contributed by atoms with Crippen LogP contribution in [0.15, 0.2) is 30.7 Å². The second-order valence-corrected chi connectivity index (χ2v) is 4.97. The summed E-state index contributed by atoms with van der Waals surface area (Å²) in [6.45, 7) is 3.12. The summed E-state index contributed by atoms with van der Waals surface area (Å²) in [5.41, 5.74) is 1.75. The Morgan fingerprint density at radius 2 is 2.12 bits per heavy atom. The number of amides is 3. The third-order valence-corrected chi connectivity index (χ3v) is 3.51. The van der Waals surface area contributed by atoms with Crippen LogP contribution >= 0.6 is 0 Å². The number of imidazole rings is 1. The van der Waals surface area contributed by atoms with Gasteiger partial charge in [0.25, 0.3) is 5.91 Å². The third-order valence-electron chi connectivity index (χ3n) is 3.51. The van der Waals surface area contributed by atoms with E-state index in [0.717, 1.165) is 12.2 Å². The number of hydrogen-bond acceptors (Lipinski definition) is 4. The fourth-order valence-corrected chi connectivity index (χ4v) is 2.21. The van der Waals surface area contributed by atoms with Crippen molar-refractivity contribution in [1.29, 1.82) is 0 Å². The van der Waals surface area contributed by atoms with Crippen LogP contribution in [-0.4, -0.2) is 35.6 Å². The molecule has 0 aliphatic carbocycles. The number of nitrogens with one attached hydrogen (secondary N) is 3. The zero-order chi connectivity index (χ0) is 17.5. The lowest BCUT2D eigenvalue weighted by molar-refractivity contribution is 0.0963. The molecule has 0 aliphatic heterocycles. The van der Waals surface area contributed by atoms with Crippen molar-refractivity contribution in [3.63, 3.8) is 0 Å². The molecule has 2 rings (SSSR count). The standard InChI is InChI=1S/C16H21N5O3/c1-4-21-10-18-8-12(21)9-19-16(23)20-13-7-11(15(22)17-2)5-6-14(13)24-3/h5-8,10H,4,9H2,1-3H3,(H,17,22)(H2,19,20,23). The SMILES string of the molecule is CCn1cncc1CNC(=O)Nc1cc(C(=O)NC)ccc1OC. The molecule has 1 aromatic heterocycles. The fraction of sp³-hybridized carbons (Fsp3) is 0.312. The van der Waals surface area contributed by atoms with Crippen molar-refractivity contribution in [2.24, 2.45) is 0 Å². The highest BCUT2D eigenvalue weighted by Gasteiger charge is 2.12. The molecule has 0 aliphatic rings. The molecule has 2 aromatic rings. The van der Waals surface area contributed by atoms with Crippen LogP contribution in [0.4, 0.5) is 10.5 Å². The van der Waals surface area contributed by atoms with Gasteiger partial charge in [-0.1, -0.05) is 0 Å². The normalized spacial score (nSPS) is 10.1. The molecular formula is C16H21N5O3. The summed E-state index contributed by atoms with van der Waals surface area (Å²) in [5, 5.41) is 7.99. The molecule has 24 heavy (non-hydrogen) atoms. The number of nitrogens with zero attached hydrogens (tertiary/aromatic N) is 2. The van der Waals surface area contributed by atoms with E-state index in [4.69, 9.17) is 4.74 Å². The Bertz CT molecular complexity index is 726. The van der Waals surface area contributed by atoms with Crippen molar-refractivity contribution in [3.05, 3.63) is 42.0 Å². The first-order chi connectivity index (χ1) is 11.6. The van der Waals surface area contributed by atoms with Crippen molar-refractivity contribution in [1.82, 2.24) is 20.2 Å². The van der Waals surface area contributed by atoms with E-state index in [1.165, 1.54) is 7.11 Å². The molecule has 3 N–H and O–H groups in total. The van der Waals surface area contributed by atoms with Gasteiger partial charge in [0.05, 0.1) is 31.4 Å². The quantitative estimate of drug-likeness (QED) is 0.749. The van der Waals surface area contributed by atoms with E-state index in [1.54, 1.807) is 37.8 Å². The number of anilines is 1. The van der Waals surface area contributed by atoms with Gasteiger partial charge in [-0.2, -0.15) is 0 Å². The number of rotatable bonds is 6. The smallest absolute Gasteiger partial charge is 0.319 e. The number of aromatic nitrogens is 2. The zero-order valence-electron chi connectivity index (χ0n) is 13.9. The number of methoxy groups -OCH3 is 1. The molecule has 0 spiro atoms. The van der Waals surface area contributed by atoms with Crippen LogP contribution in [-0.2, 0) is 13.1 Å².